The van der Waals surface area contributed by atoms with Crippen LogP contribution in [0, 0.1) is 5.92 Å². The van der Waals surface area contributed by atoms with Gasteiger partial charge in [0.2, 0.25) is 5.09 Å². The van der Waals surface area contributed by atoms with Crippen LogP contribution >= 0.6 is 0 Å². The van der Waals surface area contributed by atoms with Gasteiger partial charge in [-0.05, 0) is 37.4 Å². The maximum absolute atomic E-state index is 11.0. The molecule has 0 saturated carbocycles. The van der Waals surface area contributed by atoms with Gasteiger partial charge in [0.1, 0.15) is 5.76 Å². The molecule has 0 bridgehead atoms. The summed E-state index contributed by atoms with van der Waals surface area (Å²) >= 11 is 0. The lowest BCUT2D eigenvalue weighted by Gasteiger charge is -2.07. The molecule has 0 amide bonds. The Bertz CT molecular complexity index is 477. The lowest BCUT2D eigenvalue weighted by molar-refractivity contribution is 0.184. The number of ether oxygens (including phenoxy) is 1. The molecule has 2 heterocycles. The van der Waals surface area contributed by atoms with Crippen molar-refractivity contribution in [3.8, 4) is 0 Å². The van der Waals surface area contributed by atoms with E-state index in [9.17, 15) is 8.42 Å². The van der Waals surface area contributed by atoms with Crippen LogP contribution in [0.5, 0.6) is 0 Å². The van der Waals surface area contributed by atoms with Crippen molar-refractivity contribution in [3.63, 3.8) is 0 Å². The fourth-order valence-corrected chi connectivity index (χ4v) is 2.42. The van der Waals surface area contributed by atoms with E-state index in [2.05, 4.69) is 5.32 Å². The molecule has 0 aliphatic carbocycles. The number of primary sulfonamides is 1. The molecule has 1 aromatic rings. The summed E-state index contributed by atoms with van der Waals surface area (Å²) < 4.78 is 32.4. The molecular weight excluding hydrogens is 256 g/mol. The minimum Gasteiger partial charge on any atom is -0.447 e. The largest absolute Gasteiger partial charge is 0.447 e. The molecule has 0 radical (unpaired) electrons. The first-order valence-electron chi connectivity index (χ1n) is 5.95. The van der Waals surface area contributed by atoms with E-state index in [-0.39, 0.29) is 5.09 Å². The van der Waals surface area contributed by atoms with Gasteiger partial charge in [0, 0.05) is 13.2 Å². The van der Waals surface area contributed by atoms with Crippen molar-refractivity contribution in [1.82, 2.24) is 5.32 Å². The molecule has 1 aromatic heterocycles. The third kappa shape index (κ3) is 3.81. The van der Waals surface area contributed by atoms with Gasteiger partial charge in [-0.3, -0.25) is 0 Å². The number of furan rings is 1. The Labute approximate surface area is 107 Å². The number of nitrogens with one attached hydrogen (secondary N) is 1. The second-order valence-electron chi connectivity index (χ2n) is 4.46. The van der Waals surface area contributed by atoms with Crippen molar-refractivity contribution in [1.29, 1.82) is 0 Å². The average Bonchev–Trinajstić information content (AvgIpc) is 2.95. The molecule has 18 heavy (non-hydrogen) atoms. The van der Waals surface area contributed by atoms with Gasteiger partial charge in [-0.15, -0.1) is 0 Å². The van der Waals surface area contributed by atoms with Crippen LogP contribution in [0.25, 0.3) is 0 Å². The number of rotatable bonds is 6. The van der Waals surface area contributed by atoms with Crippen molar-refractivity contribution in [2.45, 2.75) is 24.5 Å². The van der Waals surface area contributed by atoms with Crippen molar-refractivity contribution in [2.24, 2.45) is 11.1 Å². The first-order valence-corrected chi connectivity index (χ1v) is 7.50. The van der Waals surface area contributed by atoms with Crippen LogP contribution in [0.15, 0.2) is 21.6 Å². The molecule has 1 fully saturated rings. The first kappa shape index (κ1) is 13.5. The third-order valence-electron chi connectivity index (χ3n) is 2.97. The molecule has 3 N–H and O–H groups in total. The summed E-state index contributed by atoms with van der Waals surface area (Å²) in [7, 11) is -3.74. The molecule has 1 aliphatic heterocycles. The van der Waals surface area contributed by atoms with E-state index in [0.29, 0.717) is 18.2 Å². The van der Waals surface area contributed by atoms with Crippen LogP contribution in [0.4, 0.5) is 0 Å². The Morgan fingerprint density at radius 1 is 1.44 bits per heavy atom. The normalized spacial score (nSPS) is 20.4. The van der Waals surface area contributed by atoms with Gasteiger partial charge in [0.05, 0.1) is 6.54 Å². The maximum Gasteiger partial charge on any atom is 0.271 e. The van der Waals surface area contributed by atoms with E-state index < -0.39 is 10.0 Å². The second-order valence-corrected chi connectivity index (χ2v) is 5.95. The molecule has 102 valence electrons. The number of hydrogen-bond donors (Lipinski definition) is 2. The predicted octanol–water partition coefficient (Wildman–Crippen LogP) is 0.443. The Morgan fingerprint density at radius 2 is 2.28 bits per heavy atom. The molecule has 7 heteroatoms. The fraction of sp³-hybridized carbons (Fsp3) is 0.636. The predicted molar refractivity (Wildman–Crippen MR) is 65.3 cm³/mol. The summed E-state index contributed by atoms with van der Waals surface area (Å²) in [5.41, 5.74) is 0. The molecule has 6 nitrogen and oxygen atoms in total. The highest BCUT2D eigenvalue weighted by molar-refractivity contribution is 7.89. The Morgan fingerprint density at radius 3 is 2.89 bits per heavy atom. The molecule has 2 rings (SSSR count). The maximum atomic E-state index is 11.0. The van der Waals surface area contributed by atoms with E-state index in [1.807, 2.05) is 0 Å². The van der Waals surface area contributed by atoms with E-state index >= 15 is 0 Å². The summed E-state index contributed by atoms with van der Waals surface area (Å²) in [5, 5.41) is 7.97. The standard InChI is InChI=1S/C11H18N2O4S/c12-18(14,15)11-2-1-10(17-11)7-13-5-3-9-4-6-16-8-9/h1-2,9,13H,3-8H2,(H2,12,14,15). The van der Waals surface area contributed by atoms with Crippen LogP contribution in [-0.2, 0) is 21.3 Å². The molecular formula is C11H18N2O4S. The zero-order chi connectivity index (χ0) is 13.0. The zero-order valence-corrected chi connectivity index (χ0v) is 10.9. The van der Waals surface area contributed by atoms with E-state index in [0.717, 1.165) is 32.6 Å². The summed E-state index contributed by atoms with van der Waals surface area (Å²) in [6.07, 6.45) is 2.18. The Balaban J connectivity index is 1.71. The zero-order valence-electron chi connectivity index (χ0n) is 10.1. The highest BCUT2D eigenvalue weighted by atomic mass is 32.2. The van der Waals surface area contributed by atoms with Gasteiger partial charge in [-0.25, -0.2) is 13.6 Å². The molecule has 0 aromatic carbocycles. The summed E-state index contributed by atoms with van der Waals surface area (Å²) in [6, 6.07) is 2.99. The summed E-state index contributed by atoms with van der Waals surface area (Å²) in [5.74, 6) is 1.20. The highest BCUT2D eigenvalue weighted by Crippen LogP contribution is 2.15. The molecule has 1 unspecified atom stereocenters. The van der Waals surface area contributed by atoms with Crippen LogP contribution < -0.4 is 10.5 Å². The average molecular weight is 274 g/mol. The SMILES string of the molecule is NS(=O)(=O)c1ccc(CNCCC2CCOC2)o1. The van der Waals surface area contributed by atoms with Gasteiger partial charge in [0.25, 0.3) is 10.0 Å². The Kier molecular flexibility index (Phi) is 4.39. The number of sulfonamides is 1. The monoisotopic (exact) mass is 274 g/mol. The lowest BCUT2D eigenvalue weighted by atomic mass is 10.1. The van der Waals surface area contributed by atoms with Crippen LogP contribution in [0.1, 0.15) is 18.6 Å². The molecule has 1 aliphatic rings. The van der Waals surface area contributed by atoms with Gasteiger partial charge in [-0.2, -0.15) is 0 Å². The lowest BCUT2D eigenvalue weighted by Crippen LogP contribution is -2.17. The number of nitrogens with two attached hydrogens (primary N) is 1. The first-order chi connectivity index (χ1) is 8.55. The van der Waals surface area contributed by atoms with Crippen LogP contribution in [0.2, 0.25) is 0 Å². The van der Waals surface area contributed by atoms with Crippen molar-refractivity contribution in [3.05, 3.63) is 17.9 Å². The summed E-state index contributed by atoms with van der Waals surface area (Å²) in [6.45, 7) is 3.07. The summed E-state index contributed by atoms with van der Waals surface area (Å²) in [4.78, 5) is 0. The van der Waals surface area contributed by atoms with Crippen molar-refractivity contribution in [2.75, 3.05) is 19.8 Å². The van der Waals surface area contributed by atoms with Crippen molar-refractivity contribution >= 4 is 10.0 Å². The van der Waals surface area contributed by atoms with Gasteiger partial charge in [0.15, 0.2) is 0 Å². The molecule has 1 saturated heterocycles. The smallest absolute Gasteiger partial charge is 0.271 e. The van der Waals surface area contributed by atoms with E-state index in [4.69, 9.17) is 14.3 Å². The minimum absolute atomic E-state index is 0.191. The van der Waals surface area contributed by atoms with E-state index in [1.54, 1.807) is 6.07 Å². The second kappa shape index (κ2) is 5.83. The molecule has 0 spiro atoms. The quantitative estimate of drug-likeness (QED) is 0.734. The van der Waals surface area contributed by atoms with Gasteiger partial charge >= 0.3 is 0 Å². The highest BCUT2D eigenvalue weighted by Gasteiger charge is 2.15. The van der Waals surface area contributed by atoms with Crippen LogP contribution in [0.3, 0.4) is 0 Å². The molecule has 1 atom stereocenters. The van der Waals surface area contributed by atoms with Crippen LogP contribution in [-0.4, -0.2) is 28.2 Å². The van der Waals surface area contributed by atoms with Gasteiger partial charge < -0.3 is 14.5 Å². The van der Waals surface area contributed by atoms with Crippen molar-refractivity contribution < 1.29 is 17.6 Å². The fourth-order valence-electron chi connectivity index (χ4n) is 1.93. The van der Waals surface area contributed by atoms with Gasteiger partial charge in [-0.1, -0.05) is 0 Å². The topological polar surface area (TPSA) is 94.6 Å². The third-order valence-corrected chi connectivity index (χ3v) is 3.75. The Hall–Kier alpha value is -0.890. The number of hydrogen-bond acceptors (Lipinski definition) is 5. The minimum atomic E-state index is -3.74. The van der Waals surface area contributed by atoms with E-state index in [1.165, 1.54) is 6.07 Å².